The Bertz CT molecular complexity index is 1610. The minimum Gasteiger partial charge on any atom is -0.493 e. The van der Waals surface area contributed by atoms with E-state index in [1.165, 1.54) is 13.2 Å². The Hall–Kier alpha value is -5.34. The van der Waals surface area contributed by atoms with Gasteiger partial charge in [0.25, 0.3) is 0 Å². The van der Waals surface area contributed by atoms with Crippen molar-refractivity contribution in [2.75, 3.05) is 25.6 Å². The average Bonchev–Trinajstić information content (AvgIpc) is 3.47. The summed E-state index contributed by atoms with van der Waals surface area (Å²) < 4.78 is 33.6. The SMILES string of the molecule is COc1cc(C(Nc2ccc(C(=N)N)cc2)c2nn(-c3[nH]ncc3C(=O)O)c(=O)[nH]2)c(F)c2c1OCCCO2. The van der Waals surface area contributed by atoms with Crippen LogP contribution in [0.5, 0.6) is 17.2 Å². The number of aromatic carboxylic acids is 1. The van der Waals surface area contributed by atoms with E-state index in [0.29, 0.717) is 24.3 Å². The summed E-state index contributed by atoms with van der Waals surface area (Å²) in [7, 11) is 1.40. The van der Waals surface area contributed by atoms with E-state index in [4.69, 9.17) is 25.4 Å². The zero-order chi connectivity index (χ0) is 27.7. The van der Waals surface area contributed by atoms with Crippen molar-refractivity contribution in [3.8, 4) is 23.1 Å². The number of hydrogen-bond acceptors (Lipinski definition) is 9. The highest BCUT2D eigenvalue weighted by Crippen LogP contribution is 2.45. The number of fused-ring (bicyclic) bond motifs is 1. The van der Waals surface area contributed by atoms with E-state index in [2.05, 4.69) is 25.6 Å². The fourth-order valence-electron chi connectivity index (χ4n) is 4.07. The normalized spacial score (nSPS) is 13.4. The monoisotopic (exact) mass is 538 g/mol. The fourth-order valence-corrected chi connectivity index (χ4v) is 4.07. The van der Waals surface area contributed by atoms with Gasteiger partial charge in [-0.1, -0.05) is 0 Å². The first-order chi connectivity index (χ1) is 18.8. The van der Waals surface area contributed by atoms with Crippen molar-refractivity contribution >= 4 is 17.5 Å². The molecule has 0 amide bonds. The molecule has 1 unspecified atom stereocenters. The molecular weight excluding hydrogens is 515 g/mol. The molecule has 14 nitrogen and oxygen atoms in total. The van der Waals surface area contributed by atoms with Crippen molar-refractivity contribution in [1.29, 1.82) is 5.41 Å². The lowest BCUT2D eigenvalue weighted by molar-refractivity contribution is 0.0696. The summed E-state index contributed by atoms with van der Waals surface area (Å²) >= 11 is 0. The highest BCUT2D eigenvalue weighted by atomic mass is 19.1. The maximum absolute atomic E-state index is 16.0. The van der Waals surface area contributed by atoms with Gasteiger partial charge >= 0.3 is 11.7 Å². The molecule has 3 heterocycles. The number of anilines is 1. The summed E-state index contributed by atoms with van der Waals surface area (Å²) in [6, 6.07) is 6.70. The molecule has 15 heteroatoms. The molecule has 2 aromatic heterocycles. The highest BCUT2D eigenvalue weighted by Gasteiger charge is 2.31. The third kappa shape index (κ3) is 4.72. The van der Waals surface area contributed by atoms with Crippen LogP contribution in [-0.4, -0.2) is 62.2 Å². The molecule has 1 aliphatic rings. The maximum Gasteiger partial charge on any atom is 0.349 e. The Balaban J connectivity index is 1.66. The van der Waals surface area contributed by atoms with Crippen LogP contribution >= 0.6 is 0 Å². The molecule has 0 aliphatic carbocycles. The molecule has 0 bridgehead atoms. The summed E-state index contributed by atoms with van der Waals surface area (Å²) in [6.07, 6.45) is 1.57. The predicted octanol–water partition coefficient (Wildman–Crippen LogP) is 1.78. The standard InChI is InChI=1S/C24H23FN8O6/c1-37-15-9-13(16(25)19-18(15)38-7-2-8-39-19)17(29-12-5-3-11(4-6-12)20(26)27)21-30-24(36)33(32-21)22-14(23(34)35)10-28-31-22/h3-6,9-10,17,29H,2,7-8H2,1H3,(H3,26,27)(H,28,31)(H,34,35)(H,30,32,36). The minimum absolute atomic E-state index is 0.00397. The van der Waals surface area contributed by atoms with Gasteiger partial charge < -0.3 is 30.4 Å². The van der Waals surface area contributed by atoms with Gasteiger partial charge in [-0.15, -0.1) is 5.10 Å². The first-order valence-electron chi connectivity index (χ1n) is 11.6. The first-order valence-corrected chi connectivity index (χ1v) is 11.6. The van der Waals surface area contributed by atoms with Gasteiger partial charge in [0.2, 0.25) is 11.5 Å². The Morgan fingerprint density at radius 2 is 2.00 bits per heavy atom. The number of nitrogens with zero attached hydrogens (tertiary/aromatic N) is 3. The number of halogens is 1. The molecule has 1 atom stereocenters. The fraction of sp³-hybridized carbons (Fsp3) is 0.208. The molecule has 39 heavy (non-hydrogen) atoms. The van der Waals surface area contributed by atoms with Crippen LogP contribution in [0.15, 0.2) is 41.3 Å². The first kappa shape index (κ1) is 25.3. The van der Waals surface area contributed by atoms with Gasteiger partial charge in [0.05, 0.1) is 26.5 Å². The molecule has 0 saturated carbocycles. The summed E-state index contributed by atoms with van der Waals surface area (Å²) in [6.45, 7) is 0.518. The second-order valence-corrected chi connectivity index (χ2v) is 8.42. The quantitative estimate of drug-likeness (QED) is 0.142. The third-order valence-electron chi connectivity index (χ3n) is 5.96. The molecule has 0 radical (unpaired) electrons. The number of aromatic amines is 2. The lowest BCUT2D eigenvalue weighted by atomic mass is 10.0. The van der Waals surface area contributed by atoms with E-state index < -0.39 is 23.5 Å². The number of rotatable bonds is 8. The minimum atomic E-state index is -1.32. The van der Waals surface area contributed by atoms with Crippen molar-refractivity contribution < 1.29 is 28.5 Å². The number of hydrogen-bond donors (Lipinski definition) is 6. The summed E-state index contributed by atoms with van der Waals surface area (Å²) in [5.41, 5.74) is 5.40. The second-order valence-electron chi connectivity index (χ2n) is 8.42. The van der Waals surface area contributed by atoms with E-state index in [1.807, 2.05) is 0 Å². The Morgan fingerprint density at radius 3 is 2.67 bits per heavy atom. The number of benzene rings is 2. The van der Waals surface area contributed by atoms with E-state index in [0.717, 1.165) is 10.9 Å². The second kappa shape index (κ2) is 10.2. The van der Waals surface area contributed by atoms with Crippen LogP contribution < -0.4 is 31.0 Å². The molecule has 4 aromatic rings. The number of aromatic nitrogens is 5. The van der Waals surface area contributed by atoms with Crippen molar-refractivity contribution in [3.05, 3.63) is 75.3 Å². The number of carboxylic acids is 1. The topological polar surface area (TPSA) is 206 Å². The van der Waals surface area contributed by atoms with Gasteiger partial charge in [-0.3, -0.25) is 15.5 Å². The number of nitrogens with one attached hydrogen (secondary N) is 4. The van der Waals surface area contributed by atoms with Crippen molar-refractivity contribution in [2.45, 2.75) is 12.5 Å². The lowest BCUT2D eigenvalue weighted by Gasteiger charge is -2.22. The Kier molecular flexibility index (Phi) is 6.62. The van der Waals surface area contributed by atoms with E-state index >= 15 is 4.39 Å². The van der Waals surface area contributed by atoms with Gasteiger partial charge in [-0.25, -0.2) is 14.0 Å². The van der Waals surface area contributed by atoms with Crippen LogP contribution in [0.4, 0.5) is 10.1 Å². The number of nitrogens with two attached hydrogens (primary N) is 1. The number of ether oxygens (including phenoxy) is 3. The Morgan fingerprint density at radius 1 is 1.28 bits per heavy atom. The van der Waals surface area contributed by atoms with Crippen LogP contribution in [0.1, 0.15) is 39.8 Å². The molecule has 0 fully saturated rings. The number of amidine groups is 1. The van der Waals surface area contributed by atoms with Crippen LogP contribution in [-0.2, 0) is 0 Å². The van der Waals surface area contributed by atoms with Gasteiger partial charge in [0.15, 0.2) is 23.2 Å². The molecule has 1 aliphatic heterocycles. The molecule has 7 N–H and O–H groups in total. The zero-order valence-corrected chi connectivity index (χ0v) is 20.4. The van der Waals surface area contributed by atoms with Crippen molar-refractivity contribution in [2.24, 2.45) is 5.73 Å². The largest absolute Gasteiger partial charge is 0.493 e. The molecule has 202 valence electrons. The summed E-state index contributed by atoms with van der Waals surface area (Å²) in [5.74, 6) is -2.30. The van der Waals surface area contributed by atoms with E-state index in [9.17, 15) is 14.7 Å². The smallest absolute Gasteiger partial charge is 0.349 e. The predicted molar refractivity (Wildman–Crippen MR) is 135 cm³/mol. The number of carboxylic acid groups (broad SMARTS) is 1. The summed E-state index contributed by atoms with van der Waals surface area (Å²) in [4.78, 5) is 27.0. The lowest BCUT2D eigenvalue weighted by Crippen LogP contribution is -2.18. The number of methoxy groups -OCH3 is 1. The van der Waals surface area contributed by atoms with Crippen molar-refractivity contribution in [1.82, 2.24) is 25.0 Å². The average molecular weight is 538 g/mol. The van der Waals surface area contributed by atoms with Crippen LogP contribution in [0.3, 0.4) is 0 Å². The highest BCUT2D eigenvalue weighted by molar-refractivity contribution is 5.95. The molecule has 0 saturated heterocycles. The molecule has 0 spiro atoms. The summed E-state index contributed by atoms with van der Waals surface area (Å²) in [5, 5.41) is 30.6. The van der Waals surface area contributed by atoms with Crippen LogP contribution in [0.25, 0.3) is 5.82 Å². The van der Waals surface area contributed by atoms with Gasteiger partial charge in [-0.05, 0) is 30.3 Å². The number of H-pyrrole nitrogens is 2. The molecular formula is C24H23FN8O6. The van der Waals surface area contributed by atoms with Crippen LogP contribution in [0, 0.1) is 11.2 Å². The zero-order valence-electron chi connectivity index (χ0n) is 20.4. The van der Waals surface area contributed by atoms with Gasteiger partial charge in [0, 0.05) is 23.2 Å². The molecule has 5 rings (SSSR count). The van der Waals surface area contributed by atoms with Crippen LogP contribution in [0.2, 0.25) is 0 Å². The number of nitrogen functional groups attached to an aromatic ring is 1. The number of carbonyl (C=O) groups is 1. The van der Waals surface area contributed by atoms with Gasteiger partial charge in [0.1, 0.15) is 17.4 Å². The van der Waals surface area contributed by atoms with E-state index in [-0.39, 0.29) is 52.5 Å². The van der Waals surface area contributed by atoms with Crippen molar-refractivity contribution in [3.63, 3.8) is 0 Å². The molecule has 2 aromatic carbocycles. The van der Waals surface area contributed by atoms with E-state index in [1.54, 1.807) is 24.3 Å². The maximum atomic E-state index is 16.0. The third-order valence-corrected chi connectivity index (χ3v) is 5.96. The van der Waals surface area contributed by atoms with Gasteiger partial charge in [-0.2, -0.15) is 9.78 Å². The Labute approximate surface area is 219 Å².